The minimum absolute atomic E-state index is 0.0534. The number of hydrogen-bond acceptors (Lipinski definition) is 3. The summed E-state index contributed by atoms with van der Waals surface area (Å²) in [5.74, 6) is 0.873. The SMILES string of the molecule is Cc1nn(C)c(C)c1CC(N)c1cccc(OC(C)C)c1. The first-order valence-corrected chi connectivity index (χ1v) is 7.39. The number of aromatic nitrogens is 2. The number of benzene rings is 1. The lowest BCUT2D eigenvalue weighted by atomic mass is 9.98. The predicted octanol–water partition coefficient (Wildman–Crippen LogP) is 3.07. The monoisotopic (exact) mass is 287 g/mol. The maximum absolute atomic E-state index is 6.38. The van der Waals surface area contributed by atoms with E-state index in [1.807, 2.05) is 50.7 Å². The van der Waals surface area contributed by atoms with Crippen LogP contribution in [0.15, 0.2) is 24.3 Å². The number of hydrogen-bond donors (Lipinski definition) is 1. The lowest BCUT2D eigenvalue weighted by molar-refractivity contribution is 0.242. The lowest BCUT2D eigenvalue weighted by Crippen LogP contribution is -2.15. The second-order valence-electron chi connectivity index (χ2n) is 5.82. The fraction of sp³-hybridized carbons (Fsp3) is 0.471. The average molecular weight is 287 g/mol. The highest BCUT2D eigenvalue weighted by atomic mass is 16.5. The van der Waals surface area contributed by atoms with Gasteiger partial charge in [0.2, 0.25) is 0 Å². The molecule has 0 fully saturated rings. The Morgan fingerprint density at radius 1 is 1.29 bits per heavy atom. The van der Waals surface area contributed by atoms with Crippen molar-refractivity contribution >= 4 is 0 Å². The van der Waals surface area contributed by atoms with Gasteiger partial charge in [-0.25, -0.2) is 0 Å². The highest BCUT2D eigenvalue weighted by molar-refractivity contribution is 5.33. The maximum Gasteiger partial charge on any atom is 0.120 e. The van der Waals surface area contributed by atoms with E-state index in [0.29, 0.717) is 0 Å². The fourth-order valence-electron chi connectivity index (χ4n) is 2.54. The summed E-state index contributed by atoms with van der Waals surface area (Å²) in [6.45, 7) is 8.16. The Morgan fingerprint density at radius 3 is 2.57 bits per heavy atom. The average Bonchev–Trinajstić information content (AvgIpc) is 2.65. The van der Waals surface area contributed by atoms with Gasteiger partial charge in [-0.1, -0.05) is 12.1 Å². The summed E-state index contributed by atoms with van der Waals surface area (Å²) < 4.78 is 7.65. The molecular formula is C17H25N3O. The van der Waals surface area contributed by atoms with E-state index in [2.05, 4.69) is 18.1 Å². The third kappa shape index (κ3) is 3.64. The molecule has 21 heavy (non-hydrogen) atoms. The zero-order valence-corrected chi connectivity index (χ0v) is 13.6. The van der Waals surface area contributed by atoms with Crippen LogP contribution in [0.5, 0.6) is 5.75 Å². The molecule has 0 aliphatic carbocycles. The third-order valence-corrected chi connectivity index (χ3v) is 3.74. The van der Waals surface area contributed by atoms with Crippen LogP contribution in [0.4, 0.5) is 0 Å². The van der Waals surface area contributed by atoms with E-state index in [1.165, 1.54) is 11.3 Å². The van der Waals surface area contributed by atoms with Crippen molar-refractivity contribution in [3.8, 4) is 5.75 Å². The van der Waals surface area contributed by atoms with Crippen LogP contribution in [0.25, 0.3) is 0 Å². The lowest BCUT2D eigenvalue weighted by Gasteiger charge is -2.15. The molecule has 1 atom stereocenters. The third-order valence-electron chi connectivity index (χ3n) is 3.74. The minimum Gasteiger partial charge on any atom is -0.491 e. The molecule has 114 valence electrons. The molecular weight excluding hydrogens is 262 g/mol. The van der Waals surface area contributed by atoms with E-state index < -0.39 is 0 Å². The first-order valence-electron chi connectivity index (χ1n) is 7.39. The van der Waals surface area contributed by atoms with E-state index >= 15 is 0 Å². The van der Waals surface area contributed by atoms with Crippen LogP contribution in [-0.2, 0) is 13.5 Å². The summed E-state index contributed by atoms with van der Waals surface area (Å²) in [5.41, 5.74) is 10.9. The molecule has 1 unspecified atom stereocenters. The smallest absolute Gasteiger partial charge is 0.120 e. The molecule has 2 rings (SSSR count). The van der Waals surface area contributed by atoms with Gasteiger partial charge in [0.25, 0.3) is 0 Å². The Balaban J connectivity index is 2.18. The molecule has 2 N–H and O–H groups in total. The van der Waals surface area contributed by atoms with E-state index in [0.717, 1.165) is 23.4 Å². The van der Waals surface area contributed by atoms with Crippen LogP contribution in [0.1, 0.15) is 42.4 Å². The Labute approximate surface area is 126 Å². The molecule has 0 bridgehead atoms. The molecule has 1 aromatic heterocycles. The first-order chi connectivity index (χ1) is 9.88. The van der Waals surface area contributed by atoms with Crippen LogP contribution in [-0.4, -0.2) is 15.9 Å². The molecule has 1 aromatic carbocycles. The molecule has 1 heterocycles. The van der Waals surface area contributed by atoms with Crippen molar-refractivity contribution in [2.75, 3.05) is 0 Å². The Morgan fingerprint density at radius 2 is 2.00 bits per heavy atom. The van der Waals surface area contributed by atoms with Gasteiger partial charge in [0.1, 0.15) is 5.75 Å². The number of rotatable bonds is 5. The van der Waals surface area contributed by atoms with Crippen molar-refractivity contribution in [3.05, 3.63) is 46.8 Å². The van der Waals surface area contributed by atoms with Crippen molar-refractivity contribution in [1.29, 1.82) is 0 Å². The quantitative estimate of drug-likeness (QED) is 0.919. The highest BCUT2D eigenvalue weighted by Gasteiger charge is 2.15. The van der Waals surface area contributed by atoms with E-state index in [1.54, 1.807) is 0 Å². The molecule has 0 saturated heterocycles. The van der Waals surface area contributed by atoms with Crippen LogP contribution >= 0.6 is 0 Å². The fourth-order valence-corrected chi connectivity index (χ4v) is 2.54. The van der Waals surface area contributed by atoms with Crippen molar-refractivity contribution in [2.24, 2.45) is 12.8 Å². The second-order valence-corrected chi connectivity index (χ2v) is 5.82. The van der Waals surface area contributed by atoms with Gasteiger partial charge in [0.15, 0.2) is 0 Å². The summed E-state index contributed by atoms with van der Waals surface area (Å²) in [6.07, 6.45) is 0.954. The van der Waals surface area contributed by atoms with Crippen LogP contribution in [0, 0.1) is 13.8 Å². The Kier molecular flexibility index (Phi) is 4.68. The number of nitrogens with zero attached hydrogens (tertiary/aromatic N) is 2. The number of nitrogens with two attached hydrogens (primary N) is 1. The summed E-state index contributed by atoms with van der Waals surface area (Å²) >= 11 is 0. The van der Waals surface area contributed by atoms with Gasteiger partial charge in [-0.3, -0.25) is 4.68 Å². The summed E-state index contributed by atoms with van der Waals surface area (Å²) in [5, 5.41) is 4.45. The standard InChI is InChI=1S/C17H25N3O/c1-11(2)21-15-8-6-7-14(9-15)17(18)10-16-12(3)19-20(5)13(16)4/h6-9,11,17H,10,18H2,1-5H3. The Hall–Kier alpha value is -1.81. The molecule has 0 spiro atoms. The zero-order chi connectivity index (χ0) is 15.6. The molecule has 0 aliphatic rings. The van der Waals surface area contributed by atoms with Crippen LogP contribution < -0.4 is 10.5 Å². The van der Waals surface area contributed by atoms with Gasteiger partial charge in [0, 0.05) is 18.8 Å². The molecule has 0 amide bonds. The van der Waals surface area contributed by atoms with Crippen molar-refractivity contribution in [3.63, 3.8) is 0 Å². The van der Waals surface area contributed by atoms with E-state index in [9.17, 15) is 0 Å². The molecule has 0 radical (unpaired) electrons. The highest BCUT2D eigenvalue weighted by Crippen LogP contribution is 2.24. The number of ether oxygens (including phenoxy) is 1. The van der Waals surface area contributed by atoms with Crippen molar-refractivity contribution < 1.29 is 4.74 Å². The first kappa shape index (κ1) is 15.6. The van der Waals surface area contributed by atoms with E-state index in [-0.39, 0.29) is 12.1 Å². The zero-order valence-electron chi connectivity index (χ0n) is 13.6. The summed E-state index contributed by atoms with van der Waals surface area (Å²) in [7, 11) is 1.97. The van der Waals surface area contributed by atoms with Gasteiger partial charge in [-0.05, 0) is 57.4 Å². The summed E-state index contributed by atoms with van der Waals surface area (Å²) in [6, 6.07) is 8.00. The van der Waals surface area contributed by atoms with Gasteiger partial charge in [-0.15, -0.1) is 0 Å². The van der Waals surface area contributed by atoms with Crippen LogP contribution in [0.3, 0.4) is 0 Å². The largest absolute Gasteiger partial charge is 0.491 e. The summed E-state index contributed by atoms with van der Waals surface area (Å²) in [4.78, 5) is 0. The topological polar surface area (TPSA) is 53.1 Å². The minimum atomic E-state index is -0.0534. The molecule has 2 aromatic rings. The maximum atomic E-state index is 6.38. The van der Waals surface area contributed by atoms with Crippen molar-refractivity contribution in [2.45, 2.75) is 46.3 Å². The Bertz CT molecular complexity index is 616. The van der Waals surface area contributed by atoms with Crippen LogP contribution in [0.2, 0.25) is 0 Å². The van der Waals surface area contributed by atoms with Gasteiger partial charge >= 0.3 is 0 Å². The normalized spacial score (nSPS) is 12.7. The predicted molar refractivity (Wildman–Crippen MR) is 85.5 cm³/mol. The molecule has 0 saturated carbocycles. The van der Waals surface area contributed by atoms with Gasteiger partial charge in [-0.2, -0.15) is 5.10 Å². The second kappa shape index (κ2) is 6.31. The van der Waals surface area contributed by atoms with Gasteiger partial charge < -0.3 is 10.5 Å². The molecule has 4 heteroatoms. The van der Waals surface area contributed by atoms with Crippen molar-refractivity contribution in [1.82, 2.24) is 9.78 Å². The van der Waals surface area contributed by atoms with Gasteiger partial charge in [0.05, 0.1) is 11.8 Å². The number of aryl methyl sites for hydroxylation is 2. The van der Waals surface area contributed by atoms with E-state index in [4.69, 9.17) is 10.5 Å². The molecule has 4 nitrogen and oxygen atoms in total. The molecule has 0 aliphatic heterocycles.